The van der Waals surface area contributed by atoms with Gasteiger partial charge in [-0.2, -0.15) is 0 Å². The summed E-state index contributed by atoms with van der Waals surface area (Å²) in [6, 6.07) is 7.17. The van der Waals surface area contributed by atoms with E-state index in [4.69, 9.17) is 4.74 Å². The summed E-state index contributed by atoms with van der Waals surface area (Å²) < 4.78 is 5.19. The monoisotopic (exact) mass is 235 g/mol. The van der Waals surface area contributed by atoms with Crippen LogP contribution in [0.5, 0.6) is 5.75 Å². The third-order valence-electron chi connectivity index (χ3n) is 2.75. The molecule has 0 aliphatic carbocycles. The van der Waals surface area contributed by atoms with Crippen LogP contribution in [0.25, 0.3) is 0 Å². The molecule has 1 N–H and O–H groups in total. The van der Waals surface area contributed by atoms with Gasteiger partial charge in [-0.05, 0) is 32.0 Å². The minimum atomic E-state index is -0.169. The maximum absolute atomic E-state index is 12.2. The highest BCUT2D eigenvalue weighted by Crippen LogP contribution is 2.18. The van der Waals surface area contributed by atoms with Crippen molar-refractivity contribution in [1.29, 1.82) is 0 Å². The molecule has 0 saturated carbocycles. The molecule has 0 aliphatic rings. The van der Waals surface area contributed by atoms with Crippen LogP contribution in [0.4, 0.5) is 0 Å². The molecule has 0 saturated heterocycles. The predicted octanol–water partition coefficient (Wildman–Crippen LogP) is 2.66. The molecule has 94 valence electrons. The van der Waals surface area contributed by atoms with E-state index in [1.54, 1.807) is 13.2 Å². The number of rotatable bonds is 7. The molecule has 0 heterocycles. The van der Waals surface area contributed by atoms with Crippen molar-refractivity contribution in [2.45, 2.75) is 32.7 Å². The summed E-state index contributed by atoms with van der Waals surface area (Å²) in [7, 11) is 1.58. The summed E-state index contributed by atoms with van der Waals surface area (Å²) in [5.41, 5.74) is 0.645. The fourth-order valence-electron chi connectivity index (χ4n) is 1.67. The van der Waals surface area contributed by atoms with E-state index < -0.39 is 0 Å². The first kappa shape index (κ1) is 13.7. The Kier molecular flexibility index (Phi) is 5.70. The minimum absolute atomic E-state index is 0.0820. The van der Waals surface area contributed by atoms with E-state index in [0.717, 1.165) is 19.4 Å². The van der Waals surface area contributed by atoms with Crippen molar-refractivity contribution in [3.05, 3.63) is 29.8 Å². The fraction of sp³-hybridized carbons (Fsp3) is 0.500. The smallest absolute Gasteiger partial charge is 0.183 e. The van der Waals surface area contributed by atoms with Crippen molar-refractivity contribution in [2.75, 3.05) is 13.7 Å². The van der Waals surface area contributed by atoms with E-state index in [0.29, 0.717) is 11.3 Å². The van der Waals surface area contributed by atoms with Crippen molar-refractivity contribution in [2.24, 2.45) is 0 Å². The number of nitrogens with one attached hydrogen (secondary N) is 1. The molecule has 1 atom stereocenters. The van der Waals surface area contributed by atoms with Gasteiger partial charge in [0.1, 0.15) is 5.75 Å². The largest absolute Gasteiger partial charge is 0.496 e. The molecule has 17 heavy (non-hydrogen) atoms. The Hall–Kier alpha value is -1.35. The Morgan fingerprint density at radius 1 is 1.41 bits per heavy atom. The summed E-state index contributed by atoms with van der Waals surface area (Å²) >= 11 is 0. The normalized spacial score (nSPS) is 12.2. The van der Waals surface area contributed by atoms with Gasteiger partial charge in [0.15, 0.2) is 5.78 Å². The quantitative estimate of drug-likeness (QED) is 0.583. The maximum atomic E-state index is 12.2. The Morgan fingerprint density at radius 2 is 2.12 bits per heavy atom. The van der Waals surface area contributed by atoms with Crippen LogP contribution in [0, 0.1) is 0 Å². The number of benzene rings is 1. The van der Waals surface area contributed by atoms with Gasteiger partial charge >= 0.3 is 0 Å². The zero-order valence-electron chi connectivity index (χ0n) is 10.8. The molecule has 1 aromatic carbocycles. The number of carbonyl (C=O) groups is 1. The van der Waals surface area contributed by atoms with Crippen LogP contribution in [-0.2, 0) is 0 Å². The summed E-state index contributed by atoms with van der Waals surface area (Å²) in [5.74, 6) is 0.722. The Balaban J connectivity index is 2.67. The lowest BCUT2D eigenvalue weighted by Gasteiger charge is -2.14. The van der Waals surface area contributed by atoms with Crippen LogP contribution in [0.1, 0.15) is 37.0 Å². The number of carbonyl (C=O) groups excluding carboxylic acids is 1. The molecule has 0 aromatic heterocycles. The van der Waals surface area contributed by atoms with Crippen molar-refractivity contribution in [3.8, 4) is 5.75 Å². The van der Waals surface area contributed by atoms with Gasteiger partial charge in [-0.3, -0.25) is 4.79 Å². The molecule has 3 nitrogen and oxygen atoms in total. The first-order valence-corrected chi connectivity index (χ1v) is 6.11. The average Bonchev–Trinajstić information content (AvgIpc) is 2.38. The maximum Gasteiger partial charge on any atom is 0.183 e. The molecule has 1 rings (SSSR count). The van der Waals surface area contributed by atoms with Gasteiger partial charge in [0.05, 0.1) is 18.7 Å². The molecule has 1 aromatic rings. The highest BCUT2D eigenvalue weighted by molar-refractivity contribution is 6.02. The van der Waals surface area contributed by atoms with Gasteiger partial charge in [0.25, 0.3) is 0 Å². The molecule has 0 fully saturated rings. The number of methoxy groups -OCH3 is 1. The molecule has 0 bridgehead atoms. The van der Waals surface area contributed by atoms with E-state index in [2.05, 4.69) is 12.2 Å². The number of ketones is 1. The van der Waals surface area contributed by atoms with Gasteiger partial charge < -0.3 is 10.1 Å². The standard InChI is InChI=1S/C14H21NO2/c1-4-5-10-15-11(2)14(16)12-8-6-7-9-13(12)17-3/h6-9,11,15H,4-5,10H2,1-3H3. The molecule has 0 radical (unpaired) electrons. The summed E-state index contributed by atoms with van der Waals surface area (Å²) in [5, 5.41) is 3.23. The number of hydrogen-bond donors (Lipinski definition) is 1. The van der Waals surface area contributed by atoms with Gasteiger partial charge in [0, 0.05) is 0 Å². The van der Waals surface area contributed by atoms with Crippen molar-refractivity contribution < 1.29 is 9.53 Å². The fourth-order valence-corrected chi connectivity index (χ4v) is 1.67. The SMILES string of the molecule is CCCCNC(C)C(=O)c1ccccc1OC. The van der Waals surface area contributed by atoms with Crippen molar-refractivity contribution >= 4 is 5.78 Å². The van der Waals surface area contributed by atoms with Crippen LogP contribution in [0.15, 0.2) is 24.3 Å². The van der Waals surface area contributed by atoms with Gasteiger partial charge in [-0.1, -0.05) is 25.5 Å². The number of unbranched alkanes of at least 4 members (excludes halogenated alkanes) is 1. The zero-order valence-corrected chi connectivity index (χ0v) is 10.8. The van der Waals surface area contributed by atoms with E-state index in [1.807, 2.05) is 25.1 Å². The summed E-state index contributed by atoms with van der Waals surface area (Å²) in [4.78, 5) is 12.2. The Morgan fingerprint density at radius 3 is 2.76 bits per heavy atom. The topological polar surface area (TPSA) is 38.3 Å². The third-order valence-corrected chi connectivity index (χ3v) is 2.75. The number of para-hydroxylation sites is 1. The van der Waals surface area contributed by atoms with Gasteiger partial charge in [-0.25, -0.2) is 0 Å². The minimum Gasteiger partial charge on any atom is -0.496 e. The lowest BCUT2D eigenvalue weighted by Crippen LogP contribution is -2.34. The van der Waals surface area contributed by atoms with E-state index in [-0.39, 0.29) is 11.8 Å². The highest BCUT2D eigenvalue weighted by atomic mass is 16.5. The molecule has 3 heteroatoms. The molecular formula is C14H21NO2. The molecule has 1 unspecified atom stereocenters. The Bertz CT molecular complexity index is 363. The van der Waals surface area contributed by atoms with Crippen LogP contribution in [0.3, 0.4) is 0 Å². The van der Waals surface area contributed by atoms with E-state index >= 15 is 0 Å². The third kappa shape index (κ3) is 3.86. The number of hydrogen-bond acceptors (Lipinski definition) is 3. The molecular weight excluding hydrogens is 214 g/mol. The molecule has 0 spiro atoms. The van der Waals surface area contributed by atoms with Crippen molar-refractivity contribution in [1.82, 2.24) is 5.32 Å². The predicted molar refractivity (Wildman–Crippen MR) is 69.7 cm³/mol. The van der Waals surface area contributed by atoms with Crippen molar-refractivity contribution in [3.63, 3.8) is 0 Å². The lowest BCUT2D eigenvalue weighted by atomic mass is 10.0. The summed E-state index contributed by atoms with van der Waals surface area (Å²) in [6.07, 6.45) is 2.21. The second-order valence-corrected chi connectivity index (χ2v) is 4.09. The average molecular weight is 235 g/mol. The zero-order chi connectivity index (χ0) is 12.7. The number of ether oxygens (including phenoxy) is 1. The second-order valence-electron chi connectivity index (χ2n) is 4.09. The lowest BCUT2D eigenvalue weighted by molar-refractivity contribution is 0.0948. The van der Waals surface area contributed by atoms with Crippen LogP contribution in [0.2, 0.25) is 0 Å². The second kappa shape index (κ2) is 7.07. The first-order chi connectivity index (χ1) is 8.20. The first-order valence-electron chi connectivity index (χ1n) is 6.11. The highest BCUT2D eigenvalue weighted by Gasteiger charge is 2.17. The van der Waals surface area contributed by atoms with Crippen LogP contribution >= 0.6 is 0 Å². The van der Waals surface area contributed by atoms with E-state index in [1.165, 1.54) is 0 Å². The molecule has 0 aliphatic heterocycles. The molecule has 0 amide bonds. The van der Waals surface area contributed by atoms with Gasteiger partial charge in [-0.15, -0.1) is 0 Å². The van der Waals surface area contributed by atoms with Crippen LogP contribution in [-0.4, -0.2) is 25.5 Å². The van der Waals surface area contributed by atoms with Gasteiger partial charge in [0.2, 0.25) is 0 Å². The Labute approximate surface area is 103 Å². The van der Waals surface area contributed by atoms with E-state index in [9.17, 15) is 4.79 Å². The number of Topliss-reactive ketones (excluding diaryl/α,β-unsaturated/α-hetero) is 1. The van der Waals surface area contributed by atoms with Crippen LogP contribution < -0.4 is 10.1 Å². The summed E-state index contributed by atoms with van der Waals surface area (Å²) in [6.45, 7) is 4.90.